The van der Waals surface area contributed by atoms with Gasteiger partial charge in [0.15, 0.2) is 0 Å². The minimum atomic E-state index is -0.436. The number of hydrogen-bond acceptors (Lipinski definition) is 3. The summed E-state index contributed by atoms with van der Waals surface area (Å²) in [5, 5.41) is 10.4. The summed E-state index contributed by atoms with van der Waals surface area (Å²) >= 11 is 6.10. The maximum Gasteiger partial charge on any atom is 0.143 e. The smallest absolute Gasteiger partial charge is 0.143 e. The lowest BCUT2D eigenvalue weighted by molar-refractivity contribution is 0.210. The maximum atomic E-state index is 10.4. The summed E-state index contributed by atoms with van der Waals surface area (Å²) in [6.07, 6.45) is 26.8. The van der Waals surface area contributed by atoms with Crippen LogP contribution in [0.1, 0.15) is 142 Å². The van der Waals surface area contributed by atoms with Gasteiger partial charge < -0.3 is 10.0 Å². The van der Waals surface area contributed by atoms with E-state index in [0.717, 1.165) is 31.8 Å². The highest BCUT2D eigenvalue weighted by Crippen LogP contribution is 2.18. The summed E-state index contributed by atoms with van der Waals surface area (Å²) < 4.78 is 0. The van der Waals surface area contributed by atoms with Gasteiger partial charge in [0.25, 0.3) is 0 Å². The Morgan fingerprint density at radius 2 is 1.13 bits per heavy atom. The summed E-state index contributed by atoms with van der Waals surface area (Å²) in [5.74, 6) is 0.810. The van der Waals surface area contributed by atoms with Crippen LogP contribution in [0, 0.1) is 0 Å². The van der Waals surface area contributed by atoms with Crippen LogP contribution in [0.5, 0.6) is 0 Å². The van der Waals surface area contributed by atoms with E-state index in [1.165, 1.54) is 116 Å². The van der Waals surface area contributed by atoms with Gasteiger partial charge in [-0.2, -0.15) is 0 Å². The SMILES string of the molecule is CCCCCCCCCCCCCCCCCCCCCC(O)C1=NC(Cl)CN1CC. The van der Waals surface area contributed by atoms with Gasteiger partial charge in [0.1, 0.15) is 17.4 Å². The van der Waals surface area contributed by atoms with Crippen molar-refractivity contribution >= 4 is 17.4 Å². The van der Waals surface area contributed by atoms with Gasteiger partial charge in [0.05, 0.1) is 6.54 Å². The molecule has 1 aliphatic rings. The molecule has 0 saturated heterocycles. The van der Waals surface area contributed by atoms with E-state index in [-0.39, 0.29) is 5.50 Å². The van der Waals surface area contributed by atoms with Gasteiger partial charge in [-0.1, -0.05) is 141 Å². The molecule has 2 unspecified atom stereocenters. The first-order chi connectivity index (χ1) is 15.2. The van der Waals surface area contributed by atoms with Crippen LogP contribution in [-0.4, -0.2) is 40.5 Å². The molecule has 1 aliphatic heterocycles. The lowest BCUT2D eigenvalue weighted by atomic mass is 10.0. The number of unbranched alkanes of at least 4 members (excludes halogenated alkanes) is 18. The number of hydrogen-bond donors (Lipinski definition) is 1. The number of halogens is 1. The van der Waals surface area contributed by atoms with E-state index in [9.17, 15) is 5.11 Å². The predicted octanol–water partition coefficient (Wildman–Crippen LogP) is 8.47. The molecule has 0 radical (unpaired) electrons. The number of rotatable bonds is 22. The highest BCUT2D eigenvalue weighted by Gasteiger charge is 2.26. The topological polar surface area (TPSA) is 35.8 Å². The zero-order valence-electron chi connectivity index (χ0n) is 20.9. The maximum absolute atomic E-state index is 10.4. The third-order valence-electron chi connectivity index (χ3n) is 6.73. The van der Waals surface area contributed by atoms with Gasteiger partial charge in [0.2, 0.25) is 0 Å². The van der Waals surface area contributed by atoms with Crippen molar-refractivity contribution in [2.75, 3.05) is 13.1 Å². The van der Waals surface area contributed by atoms with Crippen molar-refractivity contribution in [3.05, 3.63) is 0 Å². The van der Waals surface area contributed by atoms with E-state index >= 15 is 0 Å². The molecular formula is C27H53ClN2O. The van der Waals surface area contributed by atoms with Crippen LogP contribution < -0.4 is 0 Å². The Bertz CT molecular complexity index is 429. The summed E-state index contributed by atoms with van der Waals surface area (Å²) in [5.41, 5.74) is -0.185. The van der Waals surface area contributed by atoms with Crippen molar-refractivity contribution in [3.8, 4) is 0 Å². The van der Waals surface area contributed by atoms with E-state index in [0.29, 0.717) is 0 Å². The molecule has 0 aliphatic carbocycles. The molecule has 4 heteroatoms. The molecule has 0 bridgehead atoms. The third kappa shape index (κ3) is 15.2. The quantitative estimate of drug-likeness (QED) is 0.101. The Kier molecular flexibility index (Phi) is 18.9. The zero-order chi connectivity index (χ0) is 22.6. The molecule has 2 atom stereocenters. The van der Waals surface area contributed by atoms with E-state index in [2.05, 4.69) is 23.7 Å². The highest BCUT2D eigenvalue weighted by atomic mass is 35.5. The molecule has 0 aromatic heterocycles. The van der Waals surface area contributed by atoms with E-state index in [1.807, 2.05) is 0 Å². The molecule has 0 saturated carbocycles. The first-order valence-corrected chi connectivity index (χ1v) is 14.3. The van der Waals surface area contributed by atoms with E-state index < -0.39 is 6.10 Å². The largest absolute Gasteiger partial charge is 0.385 e. The van der Waals surface area contributed by atoms with Crippen molar-refractivity contribution in [1.29, 1.82) is 0 Å². The average molecular weight is 457 g/mol. The zero-order valence-corrected chi connectivity index (χ0v) is 21.7. The fourth-order valence-corrected chi connectivity index (χ4v) is 4.94. The number of aliphatic imine (C=N–C) groups is 1. The fraction of sp³-hybridized carbons (Fsp3) is 0.963. The Labute approximate surface area is 199 Å². The Morgan fingerprint density at radius 1 is 0.742 bits per heavy atom. The molecule has 1 rings (SSSR count). The van der Waals surface area contributed by atoms with Crippen LogP contribution in [0.3, 0.4) is 0 Å². The van der Waals surface area contributed by atoms with E-state index in [1.54, 1.807) is 0 Å². The molecule has 0 fully saturated rings. The summed E-state index contributed by atoms with van der Waals surface area (Å²) in [6.45, 7) is 6.00. The van der Waals surface area contributed by atoms with Crippen LogP contribution in [0.15, 0.2) is 4.99 Å². The molecular weight excluding hydrogens is 404 g/mol. The second-order valence-corrected chi connectivity index (χ2v) is 10.1. The Balaban J connectivity index is 1.78. The number of aliphatic hydroxyl groups is 1. The normalized spacial score (nSPS) is 17.4. The van der Waals surface area contributed by atoms with Crippen LogP contribution >= 0.6 is 11.6 Å². The third-order valence-corrected chi connectivity index (χ3v) is 6.96. The number of alkyl halides is 1. The number of aliphatic hydroxyl groups excluding tert-OH is 1. The number of likely N-dealkylation sites (N-methyl/N-ethyl adjacent to an activating group) is 1. The molecule has 1 heterocycles. The fourth-order valence-electron chi connectivity index (χ4n) is 4.67. The second kappa shape index (κ2) is 20.3. The van der Waals surface area contributed by atoms with Crippen molar-refractivity contribution in [2.45, 2.75) is 154 Å². The second-order valence-electron chi connectivity index (χ2n) is 9.63. The lowest BCUT2D eigenvalue weighted by Crippen LogP contribution is -2.36. The molecule has 1 N–H and O–H groups in total. The summed E-state index contributed by atoms with van der Waals surface area (Å²) in [7, 11) is 0. The lowest BCUT2D eigenvalue weighted by Gasteiger charge is -2.21. The molecule has 0 aromatic carbocycles. The predicted molar refractivity (Wildman–Crippen MR) is 138 cm³/mol. The van der Waals surface area contributed by atoms with Gasteiger partial charge in [-0.25, -0.2) is 4.99 Å². The van der Waals surface area contributed by atoms with Crippen molar-refractivity contribution in [3.63, 3.8) is 0 Å². The average Bonchev–Trinajstić information content (AvgIpc) is 3.16. The van der Waals surface area contributed by atoms with Crippen LogP contribution in [0.4, 0.5) is 0 Å². The van der Waals surface area contributed by atoms with Gasteiger partial charge in [-0.3, -0.25) is 0 Å². The first-order valence-electron chi connectivity index (χ1n) is 13.8. The molecule has 0 spiro atoms. The molecule has 184 valence electrons. The van der Waals surface area contributed by atoms with E-state index in [4.69, 9.17) is 11.6 Å². The minimum absolute atomic E-state index is 0.185. The van der Waals surface area contributed by atoms with Crippen molar-refractivity contribution in [2.24, 2.45) is 4.99 Å². The molecule has 0 aromatic rings. The first kappa shape index (κ1) is 28.8. The van der Waals surface area contributed by atoms with Gasteiger partial charge in [0, 0.05) is 6.54 Å². The van der Waals surface area contributed by atoms with Gasteiger partial charge in [-0.15, -0.1) is 0 Å². The minimum Gasteiger partial charge on any atom is -0.385 e. The van der Waals surface area contributed by atoms with Crippen molar-refractivity contribution in [1.82, 2.24) is 4.90 Å². The molecule has 3 nitrogen and oxygen atoms in total. The highest BCUT2D eigenvalue weighted by molar-refractivity contribution is 6.22. The number of nitrogens with zero attached hydrogens (tertiary/aromatic N) is 2. The summed E-state index contributed by atoms with van der Waals surface area (Å²) in [6, 6.07) is 0. The molecule has 31 heavy (non-hydrogen) atoms. The monoisotopic (exact) mass is 456 g/mol. The van der Waals surface area contributed by atoms with Gasteiger partial charge >= 0.3 is 0 Å². The standard InChI is InChI=1S/C27H53ClN2O/c1-3-5-6-7-8-9-10-11-12-13-14-15-16-17-18-19-20-21-22-23-25(31)27-29-26(28)24-30(27)4-2/h25-26,31H,3-24H2,1-2H3. The van der Waals surface area contributed by atoms with Crippen LogP contribution in [0.2, 0.25) is 0 Å². The Hall–Kier alpha value is -0.280. The van der Waals surface area contributed by atoms with Crippen molar-refractivity contribution < 1.29 is 5.11 Å². The number of amidine groups is 1. The van der Waals surface area contributed by atoms with Gasteiger partial charge in [-0.05, 0) is 13.3 Å². The Morgan fingerprint density at radius 3 is 1.52 bits per heavy atom. The van der Waals surface area contributed by atoms with Crippen LogP contribution in [-0.2, 0) is 0 Å². The van der Waals surface area contributed by atoms with Crippen LogP contribution in [0.25, 0.3) is 0 Å². The summed E-state index contributed by atoms with van der Waals surface area (Å²) in [4.78, 5) is 6.51. The molecule has 0 amide bonds.